The van der Waals surface area contributed by atoms with E-state index in [2.05, 4.69) is 36.5 Å². The highest BCUT2D eigenvalue weighted by Crippen LogP contribution is 2.19. The lowest BCUT2D eigenvalue weighted by molar-refractivity contribution is 0.00829. The van der Waals surface area contributed by atoms with Gasteiger partial charge in [-0.25, -0.2) is 0 Å². The Morgan fingerprint density at radius 3 is 2.79 bits per heavy atom. The summed E-state index contributed by atoms with van der Waals surface area (Å²) >= 11 is 0. The largest absolute Gasteiger partial charge is 0.369 e. The lowest BCUT2D eigenvalue weighted by Crippen LogP contribution is -2.18. The first-order valence-corrected chi connectivity index (χ1v) is 5.27. The third-order valence-electron chi connectivity index (χ3n) is 2.68. The first-order chi connectivity index (χ1) is 6.86. The van der Waals surface area contributed by atoms with E-state index >= 15 is 0 Å². The Hall–Kier alpha value is -0.860. The van der Waals surface area contributed by atoms with Crippen molar-refractivity contribution in [2.24, 2.45) is 0 Å². The minimum Gasteiger partial charge on any atom is -0.369 e. The van der Waals surface area contributed by atoms with Crippen LogP contribution < -0.4 is 5.32 Å². The second kappa shape index (κ2) is 4.58. The summed E-state index contributed by atoms with van der Waals surface area (Å²) in [6.45, 7) is 4.21. The van der Waals surface area contributed by atoms with E-state index in [4.69, 9.17) is 4.74 Å². The predicted molar refractivity (Wildman–Crippen MR) is 57.2 cm³/mol. The van der Waals surface area contributed by atoms with Crippen LogP contribution in [0.15, 0.2) is 30.3 Å². The van der Waals surface area contributed by atoms with E-state index in [9.17, 15) is 0 Å². The molecule has 1 N–H and O–H groups in total. The van der Waals surface area contributed by atoms with Crippen LogP contribution >= 0.6 is 0 Å². The summed E-state index contributed by atoms with van der Waals surface area (Å²) in [5.74, 6) is 0. The van der Waals surface area contributed by atoms with Gasteiger partial charge in [0.25, 0.3) is 0 Å². The van der Waals surface area contributed by atoms with E-state index in [1.165, 1.54) is 5.56 Å². The van der Waals surface area contributed by atoms with Crippen LogP contribution in [0.5, 0.6) is 0 Å². The van der Waals surface area contributed by atoms with Crippen LogP contribution in [-0.2, 0) is 4.74 Å². The van der Waals surface area contributed by atoms with Crippen molar-refractivity contribution in [2.75, 3.05) is 13.1 Å². The number of hydrogen-bond donors (Lipinski definition) is 1. The number of hydrogen-bond acceptors (Lipinski definition) is 2. The highest BCUT2D eigenvalue weighted by atomic mass is 16.5. The summed E-state index contributed by atoms with van der Waals surface area (Å²) in [4.78, 5) is 0. The van der Waals surface area contributed by atoms with Crippen LogP contribution in [-0.4, -0.2) is 19.2 Å². The summed E-state index contributed by atoms with van der Waals surface area (Å²) in [6.07, 6.45) is 1.74. The van der Waals surface area contributed by atoms with E-state index in [-0.39, 0.29) is 6.10 Å². The first kappa shape index (κ1) is 9.69. The molecule has 0 bridgehead atoms. The lowest BCUT2D eigenvalue weighted by Gasteiger charge is -2.18. The zero-order valence-corrected chi connectivity index (χ0v) is 8.57. The van der Waals surface area contributed by atoms with Gasteiger partial charge in [0.1, 0.15) is 0 Å². The van der Waals surface area contributed by atoms with Crippen molar-refractivity contribution in [2.45, 2.75) is 25.6 Å². The summed E-state index contributed by atoms with van der Waals surface area (Å²) in [6, 6.07) is 10.4. The number of ether oxygens (including phenoxy) is 1. The van der Waals surface area contributed by atoms with Gasteiger partial charge in [-0.2, -0.15) is 0 Å². The maximum absolute atomic E-state index is 5.93. The zero-order chi connectivity index (χ0) is 9.80. The monoisotopic (exact) mass is 191 g/mol. The molecular formula is C12H17NO. The topological polar surface area (TPSA) is 21.3 Å². The Kier molecular flexibility index (Phi) is 3.17. The summed E-state index contributed by atoms with van der Waals surface area (Å²) in [5, 5.41) is 3.30. The normalized spacial score (nSPS) is 23.6. The molecule has 0 spiro atoms. The van der Waals surface area contributed by atoms with Crippen LogP contribution in [0.4, 0.5) is 0 Å². The van der Waals surface area contributed by atoms with E-state index in [0.717, 1.165) is 19.5 Å². The Labute approximate surface area is 85.3 Å². The van der Waals surface area contributed by atoms with Gasteiger partial charge in [0, 0.05) is 6.54 Å². The minimum absolute atomic E-state index is 0.209. The molecule has 2 nitrogen and oxygen atoms in total. The van der Waals surface area contributed by atoms with Crippen molar-refractivity contribution < 1.29 is 4.74 Å². The molecule has 0 radical (unpaired) electrons. The van der Waals surface area contributed by atoms with Gasteiger partial charge in [-0.15, -0.1) is 0 Å². The average Bonchev–Trinajstić information content (AvgIpc) is 2.72. The van der Waals surface area contributed by atoms with Crippen molar-refractivity contribution in [3.8, 4) is 0 Å². The Morgan fingerprint density at radius 1 is 1.36 bits per heavy atom. The number of rotatable bonds is 3. The zero-order valence-electron chi connectivity index (χ0n) is 8.57. The van der Waals surface area contributed by atoms with Gasteiger partial charge in [-0.1, -0.05) is 30.3 Å². The Balaban J connectivity index is 1.92. The molecule has 1 aliphatic rings. The van der Waals surface area contributed by atoms with Crippen molar-refractivity contribution in [1.29, 1.82) is 0 Å². The van der Waals surface area contributed by atoms with Crippen LogP contribution in [0.1, 0.15) is 25.0 Å². The molecule has 1 aromatic carbocycles. The van der Waals surface area contributed by atoms with Gasteiger partial charge in [0.05, 0.1) is 12.2 Å². The van der Waals surface area contributed by atoms with Gasteiger partial charge in [0.2, 0.25) is 0 Å². The standard InChI is InChI=1S/C12H17NO/c1-10(11-5-3-2-4-6-11)14-12-7-8-13-9-12/h2-6,10,12-13H,7-9H2,1H3/t10-,12-/m0/s1. The SMILES string of the molecule is C[C@H](O[C@H]1CCNC1)c1ccccc1. The van der Waals surface area contributed by atoms with Gasteiger partial charge < -0.3 is 10.1 Å². The van der Waals surface area contributed by atoms with E-state index < -0.39 is 0 Å². The minimum atomic E-state index is 0.209. The van der Waals surface area contributed by atoms with Gasteiger partial charge in [-0.3, -0.25) is 0 Å². The van der Waals surface area contributed by atoms with E-state index in [0.29, 0.717) is 6.10 Å². The third-order valence-corrected chi connectivity index (χ3v) is 2.68. The Morgan fingerprint density at radius 2 is 2.14 bits per heavy atom. The second-order valence-electron chi connectivity index (χ2n) is 3.80. The number of nitrogens with one attached hydrogen (secondary N) is 1. The third kappa shape index (κ3) is 2.34. The quantitative estimate of drug-likeness (QED) is 0.790. The fraction of sp³-hybridized carbons (Fsp3) is 0.500. The smallest absolute Gasteiger partial charge is 0.0801 e. The Bertz CT molecular complexity index is 267. The molecule has 0 saturated carbocycles. The first-order valence-electron chi connectivity index (χ1n) is 5.27. The van der Waals surface area contributed by atoms with Crippen LogP contribution in [0.25, 0.3) is 0 Å². The molecule has 1 saturated heterocycles. The van der Waals surface area contributed by atoms with Gasteiger partial charge in [0.15, 0.2) is 0 Å². The molecule has 0 aromatic heterocycles. The molecule has 1 aromatic rings. The van der Waals surface area contributed by atoms with Crippen molar-refractivity contribution in [3.05, 3.63) is 35.9 Å². The molecule has 0 amide bonds. The van der Waals surface area contributed by atoms with Crippen LogP contribution in [0, 0.1) is 0 Å². The lowest BCUT2D eigenvalue weighted by atomic mass is 10.1. The van der Waals surface area contributed by atoms with Crippen LogP contribution in [0.3, 0.4) is 0 Å². The summed E-state index contributed by atoms with van der Waals surface area (Å²) in [7, 11) is 0. The molecule has 1 fully saturated rings. The van der Waals surface area contributed by atoms with Crippen molar-refractivity contribution >= 4 is 0 Å². The average molecular weight is 191 g/mol. The molecule has 2 rings (SSSR count). The molecule has 1 aliphatic heterocycles. The number of benzene rings is 1. The summed E-state index contributed by atoms with van der Waals surface area (Å²) in [5.41, 5.74) is 1.26. The highest BCUT2D eigenvalue weighted by Gasteiger charge is 2.18. The van der Waals surface area contributed by atoms with Gasteiger partial charge in [-0.05, 0) is 25.5 Å². The fourth-order valence-corrected chi connectivity index (χ4v) is 1.84. The van der Waals surface area contributed by atoms with Gasteiger partial charge >= 0.3 is 0 Å². The predicted octanol–water partition coefficient (Wildman–Crippen LogP) is 2.13. The molecular weight excluding hydrogens is 174 g/mol. The maximum atomic E-state index is 5.93. The summed E-state index contributed by atoms with van der Waals surface area (Å²) < 4.78 is 5.93. The molecule has 14 heavy (non-hydrogen) atoms. The van der Waals surface area contributed by atoms with Crippen molar-refractivity contribution in [3.63, 3.8) is 0 Å². The van der Waals surface area contributed by atoms with E-state index in [1.54, 1.807) is 0 Å². The molecule has 0 unspecified atom stereocenters. The van der Waals surface area contributed by atoms with E-state index in [1.807, 2.05) is 6.07 Å². The molecule has 0 aliphatic carbocycles. The molecule has 76 valence electrons. The molecule has 2 heteroatoms. The molecule has 1 heterocycles. The van der Waals surface area contributed by atoms with Crippen molar-refractivity contribution in [1.82, 2.24) is 5.32 Å². The highest BCUT2D eigenvalue weighted by molar-refractivity contribution is 5.16. The maximum Gasteiger partial charge on any atom is 0.0801 e. The van der Waals surface area contributed by atoms with Crippen LogP contribution in [0.2, 0.25) is 0 Å². The molecule has 2 atom stereocenters. The second-order valence-corrected chi connectivity index (χ2v) is 3.80. The fourth-order valence-electron chi connectivity index (χ4n) is 1.84.